The average Bonchev–Trinajstić information content (AvgIpc) is 3.52. The van der Waals surface area contributed by atoms with Crippen molar-refractivity contribution in [2.24, 2.45) is 11.8 Å². The molecule has 2 atom stereocenters. The molecule has 0 amide bonds. The Kier molecular flexibility index (Phi) is 5.91. The van der Waals surface area contributed by atoms with Gasteiger partial charge in [-0.3, -0.25) is 4.79 Å². The number of carbonyl (C=O) groups excluding carboxylic acids is 1. The smallest absolute Gasteiger partial charge is 0.166 e. The van der Waals surface area contributed by atoms with E-state index < -0.39 is 23.3 Å². The van der Waals surface area contributed by atoms with Gasteiger partial charge in [0.1, 0.15) is 23.1 Å². The van der Waals surface area contributed by atoms with E-state index in [0.717, 1.165) is 24.6 Å². The van der Waals surface area contributed by atoms with Gasteiger partial charge in [0.25, 0.3) is 0 Å². The summed E-state index contributed by atoms with van der Waals surface area (Å²) in [6.07, 6.45) is 0.719. The van der Waals surface area contributed by atoms with Crippen LogP contribution in [0.25, 0.3) is 11.1 Å². The van der Waals surface area contributed by atoms with E-state index >= 15 is 0 Å². The number of hydrogen-bond acceptors (Lipinski definition) is 3. The number of halogens is 4. The second-order valence-electron chi connectivity index (χ2n) is 7.95. The Balaban J connectivity index is 1.55. The topological polar surface area (TPSA) is 35.5 Å². The van der Waals surface area contributed by atoms with Crippen LogP contribution in [0.15, 0.2) is 48.5 Å². The van der Waals surface area contributed by atoms with Gasteiger partial charge in [0, 0.05) is 29.5 Å². The van der Waals surface area contributed by atoms with E-state index in [1.165, 1.54) is 37.3 Å². The lowest BCUT2D eigenvalue weighted by molar-refractivity contribution is -0.118. The molecule has 1 aliphatic carbocycles. The van der Waals surface area contributed by atoms with Crippen molar-refractivity contribution in [2.75, 3.05) is 6.61 Å². The fraction of sp³-hybridized carbons (Fsp3) is 0.240. The first kappa shape index (κ1) is 21.9. The number of aryl methyl sites for hydroxylation is 1. The Morgan fingerprint density at radius 3 is 2.34 bits per heavy atom. The third-order valence-electron chi connectivity index (χ3n) is 5.52. The van der Waals surface area contributed by atoms with Gasteiger partial charge < -0.3 is 9.47 Å². The highest BCUT2D eigenvalue weighted by Gasteiger charge is 2.41. The molecule has 7 heteroatoms. The molecule has 0 aromatic heterocycles. The molecule has 1 saturated carbocycles. The van der Waals surface area contributed by atoms with Crippen LogP contribution in [0.4, 0.5) is 17.6 Å². The average molecular weight is 444 g/mol. The minimum absolute atomic E-state index is 0.0358. The number of hydrogen-bond donors (Lipinski definition) is 0. The van der Waals surface area contributed by atoms with Gasteiger partial charge in [-0.2, -0.15) is 0 Å². The number of rotatable bonds is 7. The summed E-state index contributed by atoms with van der Waals surface area (Å²) >= 11 is 0. The van der Waals surface area contributed by atoms with E-state index in [2.05, 4.69) is 0 Å². The quantitative estimate of drug-likeness (QED) is 0.385. The standard InChI is InChI=1S/C25H20F4O3/c1-13-3-5-17(10-21(13)26)32-18-9-20(25(29)23(28)11-18)15-4-6-24(22(27)8-15)31-12-16-7-19(16)14(2)30/h3-6,8-11,16,19H,7,12H2,1-2H3. The van der Waals surface area contributed by atoms with E-state index in [-0.39, 0.29) is 52.6 Å². The highest BCUT2D eigenvalue weighted by atomic mass is 19.2. The summed E-state index contributed by atoms with van der Waals surface area (Å²) in [5, 5.41) is 0. The molecule has 1 fully saturated rings. The fourth-order valence-corrected chi connectivity index (χ4v) is 3.52. The summed E-state index contributed by atoms with van der Waals surface area (Å²) in [5.74, 6) is -3.46. The molecule has 0 N–H and O–H groups in total. The summed E-state index contributed by atoms with van der Waals surface area (Å²) in [6.45, 7) is 3.31. The van der Waals surface area contributed by atoms with Crippen molar-refractivity contribution in [3.8, 4) is 28.4 Å². The Hall–Kier alpha value is -3.35. The van der Waals surface area contributed by atoms with Gasteiger partial charge in [-0.15, -0.1) is 0 Å². The third-order valence-corrected chi connectivity index (χ3v) is 5.52. The highest BCUT2D eigenvalue weighted by molar-refractivity contribution is 5.81. The SMILES string of the molecule is CC(=O)C1CC1COc1ccc(-c2cc(Oc3ccc(C)c(F)c3)cc(F)c2F)cc1F. The summed E-state index contributed by atoms with van der Waals surface area (Å²) in [6, 6.07) is 9.97. The van der Waals surface area contributed by atoms with Crippen LogP contribution in [0.3, 0.4) is 0 Å². The van der Waals surface area contributed by atoms with Crippen LogP contribution in [-0.2, 0) is 4.79 Å². The molecule has 0 radical (unpaired) electrons. The number of Topliss-reactive ketones (excluding diaryl/α,β-unsaturated/α-hetero) is 1. The van der Waals surface area contributed by atoms with E-state index in [1.54, 1.807) is 6.92 Å². The molecule has 32 heavy (non-hydrogen) atoms. The fourth-order valence-electron chi connectivity index (χ4n) is 3.52. The van der Waals surface area contributed by atoms with Gasteiger partial charge in [0.2, 0.25) is 0 Å². The zero-order valence-corrected chi connectivity index (χ0v) is 17.4. The van der Waals surface area contributed by atoms with Crippen LogP contribution in [0.5, 0.6) is 17.2 Å². The van der Waals surface area contributed by atoms with Crippen molar-refractivity contribution in [2.45, 2.75) is 20.3 Å². The predicted molar refractivity (Wildman–Crippen MR) is 111 cm³/mol. The molecule has 2 unspecified atom stereocenters. The van der Waals surface area contributed by atoms with Crippen LogP contribution in [-0.4, -0.2) is 12.4 Å². The molecule has 3 nitrogen and oxygen atoms in total. The molecular weight excluding hydrogens is 424 g/mol. The Morgan fingerprint density at radius 2 is 1.69 bits per heavy atom. The lowest BCUT2D eigenvalue weighted by Gasteiger charge is -2.12. The summed E-state index contributed by atoms with van der Waals surface area (Å²) in [7, 11) is 0. The first-order chi connectivity index (χ1) is 15.2. The van der Waals surface area contributed by atoms with Gasteiger partial charge in [-0.05, 0) is 55.7 Å². The number of carbonyl (C=O) groups is 1. The minimum Gasteiger partial charge on any atom is -0.490 e. The predicted octanol–water partition coefficient (Wildman–Crippen LogP) is 6.61. The van der Waals surface area contributed by atoms with Gasteiger partial charge in [0.15, 0.2) is 23.2 Å². The van der Waals surface area contributed by atoms with Crippen LogP contribution in [0.2, 0.25) is 0 Å². The van der Waals surface area contributed by atoms with E-state index in [4.69, 9.17) is 9.47 Å². The van der Waals surface area contributed by atoms with Crippen molar-refractivity contribution in [1.82, 2.24) is 0 Å². The zero-order chi connectivity index (χ0) is 23.0. The van der Waals surface area contributed by atoms with Gasteiger partial charge in [0.05, 0.1) is 6.61 Å². The second-order valence-corrected chi connectivity index (χ2v) is 7.95. The van der Waals surface area contributed by atoms with E-state index in [9.17, 15) is 22.4 Å². The first-order valence-electron chi connectivity index (χ1n) is 10.1. The lowest BCUT2D eigenvalue weighted by atomic mass is 10.0. The third kappa shape index (κ3) is 4.61. The molecule has 3 aromatic rings. The van der Waals surface area contributed by atoms with Crippen LogP contribution >= 0.6 is 0 Å². The normalized spacial score (nSPS) is 17.2. The maximum Gasteiger partial charge on any atom is 0.166 e. The first-order valence-corrected chi connectivity index (χ1v) is 10.1. The molecule has 0 heterocycles. The van der Waals surface area contributed by atoms with Crippen LogP contribution < -0.4 is 9.47 Å². The minimum atomic E-state index is -1.19. The molecule has 0 bridgehead atoms. The number of ketones is 1. The molecule has 0 aliphatic heterocycles. The largest absolute Gasteiger partial charge is 0.490 e. The van der Waals surface area contributed by atoms with E-state index in [1.807, 2.05) is 0 Å². The van der Waals surface area contributed by atoms with Crippen molar-refractivity contribution < 1.29 is 31.8 Å². The van der Waals surface area contributed by atoms with E-state index in [0.29, 0.717) is 5.56 Å². The number of ether oxygens (including phenoxy) is 2. The summed E-state index contributed by atoms with van der Waals surface area (Å²) in [5.41, 5.74) is 0.288. The highest BCUT2D eigenvalue weighted by Crippen LogP contribution is 2.40. The molecule has 3 aromatic carbocycles. The van der Waals surface area contributed by atoms with Gasteiger partial charge in [-0.25, -0.2) is 17.6 Å². The monoisotopic (exact) mass is 444 g/mol. The molecule has 166 valence electrons. The van der Waals surface area contributed by atoms with Gasteiger partial charge >= 0.3 is 0 Å². The molecular formula is C25H20F4O3. The maximum absolute atomic E-state index is 14.5. The summed E-state index contributed by atoms with van der Waals surface area (Å²) < 4.78 is 67.9. The molecule has 4 rings (SSSR count). The Morgan fingerprint density at radius 1 is 0.938 bits per heavy atom. The van der Waals surface area contributed by atoms with Crippen molar-refractivity contribution in [3.05, 3.63) is 77.4 Å². The van der Waals surface area contributed by atoms with Crippen LogP contribution in [0, 0.1) is 42.0 Å². The molecule has 1 aliphatic rings. The maximum atomic E-state index is 14.5. The molecule has 0 spiro atoms. The zero-order valence-electron chi connectivity index (χ0n) is 17.4. The second kappa shape index (κ2) is 8.65. The van der Waals surface area contributed by atoms with Crippen molar-refractivity contribution in [3.63, 3.8) is 0 Å². The van der Waals surface area contributed by atoms with Crippen molar-refractivity contribution >= 4 is 5.78 Å². The Bertz CT molecular complexity index is 1190. The van der Waals surface area contributed by atoms with Gasteiger partial charge in [-0.1, -0.05) is 12.1 Å². The number of benzene rings is 3. The lowest BCUT2D eigenvalue weighted by Crippen LogP contribution is -2.05. The van der Waals surface area contributed by atoms with Crippen LogP contribution in [0.1, 0.15) is 18.9 Å². The van der Waals surface area contributed by atoms with Crippen molar-refractivity contribution in [1.29, 1.82) is 0 Å². The summed E-state index contributed by atoms with van der Waals surface area (Å²) in [4.78, 5) is 11.3. The molecule has 0 saturated heterocycles. The Labute approximate surface area is 182 Å².